The molecule has 8 nitrogen and oxygen atoms in total. The number of nitrogens with one attached hydrogen (secondary N) is 1. The van der Waals surface area contributed by atoms with E-state index in [4.69, 9.17) is 4.42 Å². The van der Waals surface area contributed by atoms with Crippen LogP contribution >= 0.6 is 0 Å². The minimum Gasteiger partial charge on any atom is -0.422 e. The molecule has 29 heavy (non-hydrogen) atoms. The Bertz CT molecular complexity index is 890. The average Bonchev–Trinajstić information content (AvgIpc) is 3.16. The van der Waals surface area contributed by atoms with Gasteiger partial charge in [0.15, 0.2) is 0 Å². The quantitative estimate of drug-likeness (QED) is 0.365. The molecule has 1 aromatic carbocycles. The molecule has 0 spiro atoms. The first-order valence-electron chi connectivity index (χ1n) is 10.0. The molecule has 152 valence electrons. The van der Waals surface area contributed by atoms with Gasteiger partial charge in [-0.3, -0.25) is 10.1 Å². The summed E-state index contributed by atoms with van der Waals surface area (Å²) in [4.78, 5) is 14.6. The van der Waals surface area contributed by atoms with Crippen molar-refractivity contribution in [3.8, 4) is 6.07 Å². The van der Waals surface area contributed by atoms with Gasteiger partial charge in [-0.05, 0) is 49.3 Å². The highest BCUT2D eigenvalue weighted by Crippen LogP contribution is 2.38. The number of hydrazone groups is 1. The van der Waals surface area contributed by atoms with Gasteiger partial charge in [0, 0.05) is 18.1 Å². The minimum atomic E-state index is -0.453. The molecule has 1 N–H and O–H groups in total. The van der Waals surface area contributed by atoms with E-state index in [0.29, 0.717) is 11.5 Å². The van der Waals surface area contributed by atoms with Gasteiger partial charge in [-0.2, -0.15) is 10.4 Å². The van der Waals surface area contributed by atoms with Gasteiger partial charge in [-0.15, -0.1) is 0 Å². The maximum atomic E-state index is 10.7. The lowest BCUT2D eigenvalue weighted by molar-refractivity contribution is -0.384. The number of nitriles is 1. The number of nitrogens with zero attached hydrogens (tertiary/aromatic N) is 4. The lowest BCUT2D eigenvalue weighted by Gasteiger charge is -2.26. The molecule has 0 aliphatic heterocycles. The van der Waals surface area contributed by atoms with Crippen molar-refractivity contribution in [3.05, 3.63) is 51.5 Å². The monoisotopic (exact) mass is 395 g/mol. The number of hydrogen-bond donors (Lipinski definition) is 1. The normalized spacial score (nSPS) is 19.2. The summed E-state index contributed by atoms with van der Waals surface area (Å²) in [6, 6.07) is 8.05. The van der Waals surface area contributed by atoms with Crippen molar-refractivity contribution in [1.29, 1.82) is 5.26 Å². The molecule has 0 unspecified atom stereocenters. The van der Waals surface area contributed by atoms with E-state index < -0.39 is 4.92 Å². The molecule has 1 aliphatic carbocycles. The second kappa shape index (κ2) is 9.82. The summed E-state index contributed by atoms with van der Waals surface area (Å²) in [5.74, 6) is 1.87. The molecule has 3 rings (SSSR count). The Hall–Kier alpha value is -3.21. The van der Waals surface area contributed by atoms with E-state index in [1.807, 2.05) is 6.07 Å². The molecule has 1 saturated carbocycles. The lowest BCUT2D eigenvalue weighted by Crippen LogP contribution is -2.13. The van der Waals surface area contributed by atoms with Gasteiger partial charge in [0.05, 0.1) is 11.1 Å². The van der Waals surface area contributed by atoms with E-state index in [2.05, 4.69) is 22.4 Å². The standard InChI is InChI=1S/C21H25N5O3/c1-2-3-4-15-5-9-17(10-6-15)20-24-19(13-22)21(29-20)25-23-14-16-7-11-18(12-8-16)26(27)28/h7-8,11-12,14-15,17,25H,2-6,9-10H2,1H3. The Kier molecular flexibility index (Phi) is 6.95. The zero-order valence-corrected chi connectivity index (χ0v) is 16.5. The molecular weight excluding hydrogens is 370 g/mol. The zero-order chi connectivity index (χ0) is 20.6. The van der Waals surface area contributed by atoms with Crippen LogP contribution in [0, 0.1) is 27.4 Å². The van der Waals surface area contributed by atoms with Gasteiger partial charge >= 0.3 is 0 Å². The number of hydrogen-bond acceptors (Lipinski definition) is 7. The second-order valence-electron chi connectivity index (χ2n) is 7.42. The highest BCUT2D eigenvalue weighted by atomic mass is 16.6. The molecule has 1 aromatic heterocycles. The number of oxazole rings is 1. The molecule has 1 heterocycles. The average molecular weight is 395 g/mol. The minimum absolute atomic E-state index is 0.0196. The summed E-state index contributed by atoms with van der Waals surface area (Å²) >= 11 is 0. The summed E-state index contributed by atoms with van der Waals surface area (Å²) in [7, 11) is 0. The summed E-state index contributed by atoms with van der Waals surface area (Å²) in [5.41, 5.74) is 3.63. The van der Waals surface area contributed by atoms with Crippen molar-refractivity contribution in [3.63, 3.8) is 0 Å². The maximum absolute atomic E-state index is 10.7. The maximum Gasteiger partial charge on any atom is 0.269 e. The molecular formula is C21H25N5O3. The van der Waals surface area contributed by atoms with Crippen LogP contribution in [-0.4, -0.2) is 16.1 Å². The van der Waals surface area contributed by atoms with E-state index in [9.17, 15) is 15.4 Å². The summed E-state index contributed by atoms with van der Waals surface area (Å²) in [6.07, 6.45) is 9.74. The summed E-state index contributed by atoms with van der Waals surface area (Å²) in [5, 5.41) is 24.1. The largest absolute Gasteiger partial charge is 0.422 e. The zero-order valence-electron chi connectivity index (χ0n) is 16.5. The predicted octanol–water partition coefficient (Wildman–Crippen LogP) is 5.36. The highest BCUT2D eigenvalue weighted by molar-refractivity contribution is 5.80. The fourth-order valence-corrected chi connectivity index (χ4v) is 3.70. The molecule has 2 aromatic rings. The number of benzene rings is 1. The molecule has 0 saturated heterocycles. The fourth-order valence-electron chi connectivity index (χ4n) is 3.70. The van der Waals surface area contributed by atoms with E-state index in [1.165, 1.54) is 50.5 Å². The first-order chi connectivity index (χ1) is 14.1. The van der Waals surface area contributed by atoms with E-state index in [-0.39, 0.29) is 23.2 Å². The van der Waals surface area contributed by atoms with Crippen molar-refractivity contribution < 1.29 is 9.34 Å². The second-order valence-corrected chi connectivity index (χ2v) is 7.42. The van der Waals surface area contributed by atoms with Crippen LogP contribution in [0.1, 0.15) is 74.9 Å². The number of non-ortho nitro benzene ring substituents is 1. The van der Waals surface area contributed by atoms with Crippen LogP contribution < -0.4 is 5.43 Å². The van der Waals surface area contributed by atoms with Crippen LogP contribution in [0.25, 0.3) is 0 Å². The van der Waals surface area contributed by atoms with Gasteiger partial charge < -0.3 is 4.42 Å². The third kappa shape index (κ3) is 5.41. The lowest BCUT2D eigenvalue weighted by atomic mass is 9.80. The van der Waals surface area contributed by atoms with E-state index in [0.717, 1.165) is 18.8 Å². The van der Waals surface area contributed by atoms with Gasteiger partial charge in [-0.25, -0.2) is 10.4 Å². The molecule has 0 amide bonds. The molecule has 1 aliphatic rings. The van der Waals surface area contributed by atoms with Crippen LogP contribution in [0.5, 0.6) is 0 Å². The fraction of sp³-hybridized carbons (Fsp3) is 0.476. The van der Waals surface area contributed by atoms with Gasteiger partial charge in [0.25, 0.3) is 11.6 Å². The summed E-state index contributed by atoms with van der Waals surface area (Å²) in [6.45, 7) is 2.22. The Labute approximate surface area is 169 Å². The summed E-state index contributed by atoms with van der Waals surface area (Å²) < 4.78 is 5.80. The number of rotatable bonds is 8. The number of aromatic nitrogens is 1. The van der Waals surface area contributed by atoms with Crippen LogP contribution in [0.15, 0.2) is 33.8 Å². The van der Waals surface area contributed by atoms with Crippen LogP contribution in [0.2, 0.25) is 0 Å². The Morgan fingerprint density at radius 3 is 2.69 bits per heavy atom. The third-order valence-electron chi connectivity index (χ3n) is 5.40. The molecule has 8 heteroatoms. The Morgan fingerprint density at radius 1 is 1.34 bits per heavy atom. The first-order valence-corrected chi connectivity index (χ1v) is 10.0. The predicted molar refractivity (Wildman–Crippen MR) is 110 cm³/mol. The first kappa shape index (κ1) is 20.5. The van der Waals surface area contributed by atoms with Crippen molar-refractivity contribution in [2.24, 2.45) is 11.0 Å². The van der Waals surface area contributed by atoms with E-state index >= 15 is 0 Å². The third-order valence-corrected chi connectivity index (χ3v) is 5.40. The van der Waals surface area contributed by atoms with Crippen molar-refractivity contribution in [1.82, 2.24) is 4.98 Å². The highest BCUT2D eigenvalue weighted by Gasteiger charge is 2.27. The van der Waals surface area contributed by atoms with Crippen molar-refractivity contribution in [2.45, 2.75) is 57.8 Å². The smallest absolute Gasteiger partial charge is 0.269 e. The van der Waals surface area contributed by atoms with Gasteiger partial charge in [0.2, 0.25) is 11.6 Å². The molecule has 0 radical (unpaired) electrons. The van der Waals surface area contributed by atoms with Crippen LogP contribution in [-0.2, 0) is 0 Å². The van der Waals surface area contributed by atoms with Gasteiger partial charge in [0.1, 0.15) is 6.07 Å². The van der Waals surface area contributed by atoms with Gasteiger partial charge in [-0.1, -0.05) is 26.2 Å². The molecule has 0 atom stereocenters. The van der Waals surface area contributed by atoms with Crippen LogP contribution in [0.3, 0.4) is 0 Å². The topological polar surface area (TPSA) is 117 Å². The number of nitro groups is 1. The van der Waals surface area contributed by atoms with E-state index in [1.54, 1.807) is 12.1 Å². The SMILES string of the molecule is CCCCC1CCC(c2nc(C#N)c(NN=Cc3ccc([N+](=O)[O-])cc3)o2)CC1. The molecule has 0 bridgehead atoms. The van der Waals surface area contributed by atoms with Crippen molar-refractivity contribution >= 4 is 17.8 Å². The number of anilines is 1. The Balaban J connectivity index is 1.60. The molecule has 1 fully saturated rings. The Morgan fingerprint density at radius 2 is 2.07 bits per heavy atom. The number of nitro benzene ring substituents is 1. The van der Waals surface area contributed by atoms with Crippen LogP contribution in [0.4, 0.5) is 11.6 Å². The van der Waals surface area contributed by atoms with Crippen molar-refractivity contribution in [2.75, 3.05) is 5.43 Å². The number of unbranched alkanes of at least 4 members (excludes halogenated alkanes) is 1.